The average molecular weight is 267 g/mol. The van der Waals surface area contributed by atoms with Gasteiger partial charge in [0.05, 0.1) is 0 Å². The van der Waals surface area contributed by atoms with E-state index >= 15 is 0 Å². The highest BCUT2D eigenvalue weighted by molar-refractivity contribution is 6.30. The van der Waals surface area contributed by atoms with Gasteiger partial charge in [-0.2, -0.15) is 0 Å². The van der Waals surface area contributed by atoms with Crippen molar-refractivity contribution in [2.75, 3.05) is 26.2 Å². The van der Waals surface area contributed by atoms with Crippen LogP contribution in [-0.2, 0) is 12.8 Å². The van der Waals surface area contributed by atoms with Gasteiger partial charge in [0.2, 0.25) is 0 Å². The highest BCUT2D eigenvalue weighted by atomic mass is 35.5. The van der Waals surface area contributed by atoms with E-state index in [-0.39, 0.29) is 0 Å². The van der Waals surface area contributed by atoms with E-state index in [0.717, 1.165) is 44.0 Å². The fraction of sp³-hybridized carbons (Fsp3) is 0.600. The number of hydrogen-bond donors (Lipinski definition) is 1. The Morgan fingerprint density at radius 2 is 1.94 bits per heavy atom. The van der Waals surface area contributed by atoms with E-state index in [2.05, 4.69) is 36.2 Å². The Bertz CT molecular complexity index is 388. The minimum atomic E-state index is 0.592. The van der Waals surface area contributed by atoms with Crippen LogP contribution >= 0.6 is 11.6 Å². The molecule has 1 aliphatic rings. The van der Waals surface area contributed by atoms with Crippen LogP contribution in [0.4, 0.5) is 0 Å². The molecule has 1 aliphatic carbocycles. The van der Waals surface area contributed by atoms with Crippen molar-refractivity contribution >= 4 is 11.6 Å². The van der Waals surface area contributed by atoms with Gasteiger partial charge in [0, 0.05) is 24.2 Å². The summed E-state index contributed by atoms with van der Waals surface area (Å²) in [5, 5.41) is 4.52. The number of benzene rings is 1. The minimum Gasteiger partial charge on any atom is -0.312 e. The first-order valence-corrected chi connectivity index (χ1v) is 7.33. The van der Waals surface area contributed by atoms with Gasteiger partial charge in [-0.15, -0.1) is 0 Å². The fourth-order valence-electron chi connectivity index (χ4n) is 2.70. The Hall–Kier alpha value is -0.570. The zero-order valence-electron chi connectivity index (χ0n) is 11.4. The molecule has 2 nitrogen and oxygen atoms in total. The molecule has 1 aromatic carbocycles. The van der Waals surface area contributed by atoms with Gasteiger partial charge in [-0.05, 0) is 49.2 Å². The van der Waals surface area contributed by atoms with Crippen LogP contribution in [0.1, 0.15) is 25.0 Å². The molecule has 0 fully saturated rings. The summed E-state index contributed by atoms with van der Waals surface area (Å²) in [5.41, 5.74) is 2.88. The second kappa shape index (κ2) is 6.55. The quantitative estimate of drug-likeness (QED) is 0.852. The standard InChI is InChI=1S/C15H23ClN2/c1-3-18(4-2)8-7-17-15-10-12-5-6-14(16)9-13(12)11-15/h5-6,9,15,17H,3-4,7-8,10-11H2,1-2H3. The van der Waals surface area contributed by atoms with Crippen molar-refractivity contribution in [3.8, 4) is 0 Å². The van der Waals surface area contributed by atoms with Gasteiger partial charge in [0.15, 0.2) is 0 Å². The highest BCUT2D eigenvalue weighted by Gasteiger charge is 2.20. The maximum absolute atomic E-state index is 6.03. The van der Waals surface area contributed by atoms with Crippen molar-refractivity contribution in [1.82, 2.24) is 10.2 Å². The molecule has 0 aliphatic heterocycles. The third-order valence-electron chi connectivity index (χ3n) is 3.86. The summed E-state index contributed by atoms with van der Waals surface area (Å²) in [5.74, 6) is 0. The van der Waals surface area contributed by atoms with E-state index in [1.165, 1.54) is 11.1 Å². The van der Waals surface area contributed by atoms with Gasteiger partial charge in [0.1, 0.15) is 0 Å². The molecule has 1 N–H and O–H groups in total. The van der Waals surface area contributed by atoms with Crippen molar-refractivity contribution < 1.29 is 0 Å². The molecule has 1 atom stereocenters. The van der Waals surface area contributed by atoms with Crippen molar-refractivity contribution in [3.63, 3.8) is 0 Å². The normalized spacial score (nSPS) is 18.3. The Morgan fingerprint density at radius 3 is 2.67 bits per heavy atom. The SMILES string of the molecule is CCN(CC)CCNC1Cc2ccc(Cl)cc2C1. The number of nitrogens with zero attached hydrogens (tertiary/aromatic N) is 1. The zero-order chi connectivity index (χ0) is 13.0. The van der Waals surface area contributed by atoms with Crippen LogP contribution in [0, 0.1) is 0 Å². The monoisotopic (exact) mass is 266 g/mol. The first-order valence-electron chi connectivity index (χ1n) is 6.96. The van der Waals surface area contributed by atoms with Crippen LogP contribution in [0.5, 0.6) is 0 Å². The predicted molar refractivity (Wildman–Crippen MR) is 78.4 cm³/mol. The fourth-order valence-corrected chi connectivity index (χ4v) is 2.89. The smallest absolute Gasteiger partial charge is 0.0408 e. The van der Waals surface area contributed by atoms with Gasteiger partial charge in [-0.3, -0.25) is 0 Å². The van der Waals surface area contributed by atoms with Crippen LogP contribution in [0.3, 0.4) is 0 Å². The predicted octanol–water partition coefficient (Wildman–Crippen LogP) is 2.74. The van der Waals surface area contributed by atoms with Crippen LogP contribution in [-0.4, -0.2) is 37.1 Å². The molecular weight excluding hydrogens is 244 g/mol. The molecular formula is C15H23ClN2. The van der Waals surface area contributed by atoms with Crippen molar-refractivity contribution in [3.05, 3.63) is 34.3 Å². The Labute approximate surface area is 115 Å². The van der Waals surface area contributed by atoms with E-state index < -0.39 is 0 Å². The molecule has 0 saturated carbocycles. The number of rotatable bonds is 6. The van der Waals surface area contributed by atoms with Crippen LogP contribution in [0.2, 0.25) is 5.02 Å². The Kier molecular flexibility index (Phi) is 5.04. The van der Waals surface area contributed by atoms with Crippen LogP contribution in [0.15, 0.2) is 18.2 Å². The lowest BCUT2D eigenvalue weighted by molar-refractivity contribution is 0.296. The third kappa shape index (κ3) is 3.47. The summed E-state index contributed by atoms with van der Waals surface area (Å²) < 4.78 is 0. The molecule has 1 aromatic rings. The van der Waals surface area contributed by atoms with E-state index in [4.69, 9.17) is 11.6 Å². The molecule has 0 saturated heterocycles. The second-order valence-corrected chi connectivity index (χ2v) is 5.44. The van der Waals surface area contributed by atoms with Crippen molar-refractivity contribution in [2.24, 2.45) is 0 Å². The zero-order valence-corrected chi connectivity index (χ0v) is 12.1. The molecule has 2 rings (SSSR count). The number of halogens is 1. The maximum atomic E-state index is 6.03. The van der Waals surface area contributed by atoms with Crippen LogP contribution in [0.25, 0.3) is 0 Å². The molecule has 18 heavy (non-hydrogen) atoms. The summed E-state index contributed by atoms with van der Waals surface area (Å²) in [6.45, 7) is 8.93. The van der Waals surface area contributed by atoms with Gasteiger partial charge in [0.25, 0.3) is 0 Å². The van der Waals surface area contributed by atoms with Gasteiger partial charge < -0.3 is 10.2 Å². The molecule has 3 heteroatoms. The molecule has 0 amide bonds. The van der Waals surface area contributed by atoms with Gasteiger partial charge in [-0.1, -0.05) is 31.5 Å². The average Bonchev–Trinajstić information content (AvgIpc) is 2.76. The third-order valence-corrected chi connectivity index (χ3v) is 4.09. The van der Waals surface area contributed by atoms with Gasteiger partial charge in [-0.25, -0.2) is 0 Å². The van der Waals surface area contributed by atoms with E-state index in [1.54, 1.807) is 0 Å². The lowest BCUT2D eigenvalue weighted by atomic mass is 10.1. The molecule has 0 bridgehead atoms. The summed E-state index contributed by atoms with van der Waals surface area (Å²) in [6, 6.07) is 6.87. The van der Waals surface area contributed by atoms with Gasteiger partial charge >= 0.3 is 0 Å². The lowest BCUT2D eigenvalue weighted by Gasteiger charge is -2.20. The Morgan fingerprint density at radius 1 is 1.22 bits per heavy atom. The molecule has 0 radical (unpaired) electrons. The topological polar surface area (TPSA) is 15.3 Å². The molecule has 1 unspecified atom stereocenters. The lowest BCUT2D eigenvalue weighted by Crippen LogP contribution is -2.37. The summed E-state index contributed by atoms with van der Waals surface area (Å²) in [7, 11) is 0. The summed E-state index contributed by atoms with van der Waals surface area (Å²) in [6.07, 6.45) is 2.26. The van der Waals surface area contributed by atoms with E-state index in [0.29, 0.717) is 6.04 Å². The van der Waals surface area contributed by atoms with E-state index in [1.807, 2.05) is 6.07 Å². The molecule has 100 valence electrons. The minimum absolute atomic E-state index is 0.592. The summed E-state index contributed by atoms with van der Waals surface area (Å²) >= 11 is 6.03. The van der Waals surface area contributed by atoms with E-state index in [9.17, 15) is 0 Å². The van der Waals surface area contributed by atoms with Crippen LogP contribution < -0.4 is 5.32 Å². The Balaban J connectivity index is 1.78. The van der Waals surface area contributed by atoms with Crippen molar-refractivity contribution in [1.29, 1.82) is 0 Å². The maximum Gasteiger partial charge on any atom is 0.0408 e. The van der Waals surface area contributed by atoms with Crippen molar-refractivity contribution in [2.45, 2.75) is 32.7 Å². The molecule has 0 spiro atoms. The number of nitrogens with one attached hydrogen (secondary N) is 1. The summed E-state index contributed by atoms with van der Waals surface area (Å²) in [4.78, 5) is 2.45. The molecule has 0 aromatic heterocycles. The number of likely N-dealkylation sites (N-methyl/N-ethyl adjacent to an activating group) is 1. The number of hydrogen-bond acceptors (Lipinski definition) is 2. The second-order valence-electron chi connectivity index (χ2n) is 5.00. The highest BCUT2D eigenvalue weighted by Crippen LogP contribution is 2.25. The first kappa shape index (κ1) is 13.9. The molecule has 0 heterocycles. The largest absolute Gasteiger partial charge is 0.312 e. The number of fused-ring (bicyclic) bond motifs is 1. The first-order chi connectivity index (χ1) is 8.72.